The molecule has 3 aliphatic rings. The van der Waals surface area contributed by atoms with Gasteiger partial charge in [-0.25, -0.2) is 4.98 Å². The number of halogens is 1. The molecule has 0 spiro atoms. The first-order valence-electron chi connectivity index (χ1n) is 12.3. The van der Waals surface area contributed by atoms with Crippen LogP contribution in [0, 0.1) is 23.2 Å². The number of Topliss-reactive ketones (excluding diaryl/α,β-unsaturated/α-hetero) is 1. The Bertz CT molecular complexity index is 1080. The highest BCUT2D eigenvalue weighted by Crippen LogP contribution is 2.50. The molecule has 0 amide bonds. The molecule has 3 heterocycles. The minimum atomic E-state index is -0.454. The predicted molar refractivity (Wildman–Crippen MR) is 138 cm³/mol. The number of nitrogens with two attached hydrogens (primary N) is 2. The van der Waals surface area contributed by atoms with E-state index in [4.69, 9.17) is 27.8 Å². The maximum atomic E-state index is 13.9. The van der Waals surface area contributed by atoms with Crippen molar-refractivity contribution in [2.24, 2.45) is 23.3 Å². The number of likely N-dealkylation sites (N-methyl/N-ethyl adjacent to an activating group) is 1. The number of ketones is 1. The van der Waals surface area contributed by atoms with Gasteiger partial charge in [0.25, 0.3) is 0 Å². The molecule has 35 heavy (non-hydrogen) atoms. The van der Waals surface area contributed by atoms with E-state index in [-0.39, 0.29) is 27.8 Å². The van der Waals surface area contributed by atoms with Crippen LogP contribution in [0.5, 0.6) is 5.88 Å². The molecule has 188 valence electrons. The second-order valence-corrected chi connectivity index (χ2v) is 11.1. The lowest BCUT2D eigenvalue weighted by molar-refractivity contribution is -0.118. The van der Waals surface area contributed by atoms with Gasteiger partial charge < -0.3 is 21.1 Å². The number of allylic oxidation sites excluding steroid dienone is 2. The third-order valence-corrected chi connectivity index (χ3v) is 8.58. The van der Waals surface area contributed by atoms with Crippen LogP contribution >= 0.6 is 23.4 Å². The second-order valence-electron chi connectivity index (χ2n) is 9.46. The van der Waals surface area contributed by atoms with Gasteiger partial charge in [0.05, 0.1) is 23.1 Å². The Kier molecular flexibility index (Phi) is 8.38. The smallest absolute Gasteiger partial charge is 0.218 e. The monoisotopic (exact) mass is 516 g/mol. The zero-order valence-corrected chi connectivity index (χ0v) is 21.9. The number of carbonyl (C=O) groups excluding carboxylic acids is 1. The van der Waals surface area contributed by atoms with Gasteiger partial charge in [-0.15, -0.1) is 11.8 Å². The molecule has 0 aromatic carbocycles. The molecule has 0 bridgehead atoms. The fraction of sp³-hybridized carbons (Fsp3) is 0.600. The maximum Gasteiger partial charge on any atom is 0.218 e. The van der Waals surface area contributed by atoms with Gasteiger partial charge in [-0.1, -0.05) is 24.9 Å². The lowest BCUT2D eigenvalue weighted by Gasteiger charge is -2.26. The van der Waals surface area contributed by atoms with E-state index in [2.05, 4.69) is 28.0 Å². The molecule has 1 fully saturated rings. The molecule has 4 atom stereocenters. The summed E-state index contributed by atoms with van der Waals surface area (Å²) in [6.45, 7) is 3.55. The molecule has 1 aliphatic carbocycles. The van der Waals surface area contributed by atoms with E-state index in [9.17, 15) is 10.1 Å². The van der Waals surface area contributed by atoms with Gasteiger partial charge in [0.2, 0.25) is 5.88 Å². The molecule has 2 unspecified atom stereocenters. The van der Waals surface area contributed by atoms with Crippen LogP contribution in [0.15, 0.2) is 22.1 Å². The van der Waals surface area contributed by atoms with Gasteiger partial charge in [-0.3, -0.25) is 4.79 Å². The molecule has 8 nitrogen and oxygen atoms in total. The Hall–Kier alpha value is -2.12. The van der Waals surface area contributed by atoms with E-state index in [1.165, 1.54) is 11.8 Å². The number of carbonyl (C=O) groups is 1. The summed E-state index contributed by atoms with van der Waals surface area (Å²) in [6, 6.07) is 4.22. The summed E-state index contributed by atoms with van der Waals surface area (Å²) in [7, 11) is 2.08. The summed E-state index contributed by atoms with van der Waals surface area (Å²) >= 11 is 7.82. The van der Waals surface area contributed by atoms with Crippen LogP contribution in [0.3, 0.4) is 0 Å². The van der Waals surface area contributed by atoms with Gasteiger partial charge in [-0.05, 0) is 62.6 Å². The van der Waals surface area contributed by atoms with Crippen molar-refractivity contribution in [2.45, 2.75) is 63.3 Å². The summed E-state index contributed by atoms with van der Waals surface area (Å²) in [5, 5.41) is 9.61. The van der Waals surface area contributed by atoms with Gasteiger partial charge in [0, 0.05) is 23.6 Å². The number of nitrogens with zero attached hydrogens (tertiary/aromatic N) is 4. The number of ether oxygens (including phenoxy) is 1. The summed E-state index contributed by atoms with van der Waals surface area (Å²) in [6.07, 6.45) is 5.87. The Morgan fingerprint density at radius 1 is 1.37 bits per heavy atom. The van der Waals surface area contributed by atoms with E-state index in [0.29, 0.717) is 36.9 Å². The highest BCUT2D eigenvalue weighted by atomic mass is 35.5. The zero-order valence-electron chi connectivity index (χ0n) is 20.3. The average molecular weight is 517 g/mol. The standard InChI is InChI=1S/C25H33ClN6O2S/c1-3-6-16(23(33)15-8-4-9-18-21(15)17(12-27)24(29)35-18)22(28)25-30-19(26)11-20(31-25)34-13-14-7-5-10-32(14)2/h11,14-15,17,24H,3-10,13,28-29H2,1-2H3/b22-16-/t14-,15-,17?,24?/m0/s1. The molecule has 1 aromatic heterocycles. The van der Waals surface area contributed by atoms with Crippen LogP contribution in [0.4, 0.5) is 0 Å². The number of nitriles is 1. The molecular formula is C25H33ClN6O2S. The van der Waals surface area contributed by atoms with Crippen molar-refractivity contribution < 1.29 is 9.53 Å². The third-order valence-electron chi connectivity index (χ3n) is 7.12. The number of hydrogen-bond donors (Lipinski definition) is 2. The van der Waals surface area contributed by atoms with Gasteiger partial charge in [0.1, 0.15) is 11.8 Å². The van der Waals surface area contributed by atoms with E-state index < -0.39 is 11.8 Å². The van der Waals surface area contributed by atoms with Crippen LogP contribution in [-0.4, -0.2) is 52.3 Å². The minimum absolute atomic E-state index is 0.0647. The lowest BCUT2D eigenvalue weighted by Crippen LogP contribution is -2.31. The first-order chi connectivity index (χ1) is 16.8. The normalized spacial score (nSPS) is 27.4. The fourth-order valence-corrected chi connectivity index (χ4v) is 6.76. The van der Waals surface area contributed by atoms with Crippen LogP contribution in [0.2, 0.25) is 5.15 Å². The Morgan fingerprint density at radius 3 is 2.86 bits per heavy atom. The molecule has 0 saturated carbocycles. The first-order valence-corrected chi connectivity index (χ1v) is 13.5. The van der Waals surface area contributed by atoms with Crippen LogP contribution in [-0.2, 0) is 4.79 Å². The highest BCUT2D eigenvalue weighted by molar-refractivity contribution is 8.03. The Morgan fingerprint density at radius 2 is 2.17 bits per heavy atom. The van der Waals surface area contributed by atoms with Crippen molar-refractivity contribution in [2.75, 3.05) is 20.2 Å². The van der Waals surface area contributed by atoms with Crippen LogP contribution in [0.25, 0.3) is 5.70 Å². The largest absolute Gasteiger partial charge is 0.476 e. The number of rotatable bonds is 8. The SMILES string of the molecule is CCC/C(C(=O)[C@H]1CCCC2=C1C(C#N)C(N)S2)=C(/N)c1nc(Cl)cc(OC[C@@H]2CCCN2C)n1. The van der Waals surface area contributed by atoms with E-state index in [1.807, 2.05) is 6.92 Å². The molecule has 4 rings (SSSR count). The fourth-order valence-electron chi connectivity index (χ4n) is 5.25. The van der Waals surface area contributed by atoms with E-state index >= 15 is 0 Å². The average Bonchev–Trinajstić information content (AvgIpc) is 3.40. The van der Waals surface area contributed by atoms with Gasteiger partial charge in [-0.2, -0.15) is 10.2 Å². The van der Waals surface area contributed by atoms with Crippen molar-refractivity contribution in [3.63, 3.8) is 0 Å². The molecule has 2 aliphatic heterocycles. The molecule has 10 heteroatoms. The molecule has 1 saturated heterocycles. The summed E-state index contributed by atoms with van der Waals surface area (Å²) in [4.78, 5) is 26.0. The zero-order chi connectivity index (χ0) is 25.1. The number of hydrogen-bond acceptors (Lipinski definition) is 9. The first kappa shape index (κ1) is 26.0. The maximum absolute atomic E-state index is 13.9. The van der Waals surface area contributed by atoms with Crippen molar-refractivity contribution in [1.82, 2.24) is 14.9 Å². The summed E-state index contributed by atoms with van der Waals surface area (Å²) in [5.41, 5.74) is 14.3. The van der Waals surface area contributed by atoms with E-state index in [0.717, 1.165) is 49.1 Å². The number of thioether (sulfide) groups is 1. The molecule has 1 aromatic rings. The quantitative estimate of drug-likeness (QED) is 0.390. The van der Waals surface area contributed by atoms with Crippen molar-refractivity contribution in [1.29, 1.82) is 5.26 Å². The Labute approximate surface area is 216 Å². The van der Waals surface area contributed by atoms with E-state index in [1.54, 1.807) is 6.07 Å². The molecule has 4 N–H and O–H groups in total. The predicted octanol–water partition coefficient (Wildman–Crippen LogP) is 3.87. The van der Waals surface area contributed by atoms with Gasteiger partial charge in [0.15, 0.2) is 11.6 Å². The third kappa shape index (κ3) is 5.51. The van der Waals surface area contributed by atoms with Crippen LogP contribution in [0.1, 0.15) is 57.7 Å². The van der Waals surface area contributed by atoms with Crippen molar-refractivity contribution in [3.05, 3.63) is 33.1 Å². The lowest BCUT2D eigenvalue weighted by atomic mass is 9.76. The van der Waals surface area contributed by atoms with Gasteiger partial charge >= 0.3 is 0 Å². The van der Waals surface area contributed by atoms with Crippen LogP contribution < -0.4 is 16.2 Å². The molecular weight excluding hydrogens is 484 g/mol. The topological polar surface area (TPSA) is 131 Å². The number of aromatic nitrogens is 2. The minimum Gasteiger partial charge on any atom is -0.476 e. The highest BCUT2D eigenvalue weighted by Gasteiger charge is 2.42. The second kappa shape index (κ2) is 11.3. The summed E-state index contributed by atoms with van der Waals surface area (Å²) in [5.74, 6) is -0.368. The van der Waals surface area contributed by atoms with Crippen molar-refractivity contribution in [3.8, 4) is 11.9 Å². The molecule has 0 radical (unpaired) electrons. The summed E-state index contributed by atoms with van der Waals surface area (Å²) < 4.78 is 5.95. The number of likely N-dealkylation sites (tertiary alicyclic amines) is 1. The van der Waals surface area contributed by atoms with Crippen molar-refractivity contribution >= 4 is 34.8 Å². The Balaban J connectivity index is 1.63.